The minimum Gasteiger partial charge on any atom is -0.379 e. The largest absolute Gasteiger partial charge is 0.379 e. The lowest BCUT2D eigenvalue weighted by Crippen LogP contribution is -2.45. The Morgan fingerprint density at radius 1 is 1.20 bits per heavy atom. The van der Waals surface area contributed by atoms with Crippen LogP contribution < -0.4 is 5.32 Å². The van der Waals surface area contributed by atoms with E-state index < -0.39 is 5.92 Å². The van der Waals surface area contributed by atoms with Gasteiger partial charge in [0.05, 0.1) is 34.4 Å². The van der Waals surface area contributed by atoms with Crippen molar-refractivity contribution in [1.29, 1.82) is 0 Å². The van der Waals surface area contributed by atoms with Crippen LogP contribution in [-0.2, 0) is 25.5 Å². The van der Waals surface area contributed by atoms with Gasteiger partial charge in [-0.1, -0.05) is 44.4 Å². The Labute approximate surface area is 246 Å². The zero-order valence-corrected chi connectivity index (χ0v) is 25.2. The van der Waals surface area contributed by atoms with Gasteiger partial charge in [0, 0.05) is 62.0 Å². The third kappa shape index (κ3) is 8.93. The molecule has 2 atom stereocenters. The van der Waals surface area contributed by atoms with Crippen LogP contribution in [0, 0.1) is 11.8 Å². The number of ketones is 2. The molecule has 2 aromatic rings. The molecule has 40 heavy (non-hydrogen) atoms. The van der Waals surface area contributed by atoms with Crippen molar-refractivity contribution in [2.75, 3.05) is 32.8 Å². The van der Waals surface area contributed by atoms with Crippen molar-refractivity contribution in [2.45, 2.75) is 77.2 Å². The number of hydrogen-bond donors (Lipinski definition) is 1. The number of benzene rings is 1. The van der Waals surface area contributed by atoms with E-state index in [0.29, 0.717) is 62.0 Å². The van der Waals surface area contributed by atoms with Gasteiger partial charge in [0.25, 0.3) is 0 Å². The topological polar surface area (TPSA) is 88.6 Å². The number of halogens is 1. The van der Waals surface area contributed by atoms with Crippen LogP contribution in [0.5, 0.6) is 0 Å². The molecule has 1 saturated heterocycles. The maximum Gasteiger partial charge on any atom is 0.224 e. The number of rotatable bonds is 14. The summed E-state index contributed by atoms with van der Waals surface area (Å²) in [5.41, 5.74) is 1.47. The minimum atomic E-state index is -0.499. The zero-order valence-electron chi connectivity index (χ0n) is 23.6. The van der Waals surface area contributed by atoms with Gasteiger partial charge in [-0.3, -0.25) is 19.3 Å². The summed E-state index contributed by atoms with van der Waals surface area (Å²) in [6.07, 6.45) is 7.52. The molecule has 218 valence electrons. The summed E-state index contributed by atoms with van der Waals surface area (Å²) in [5.74, 6) is -0.151. The van der Waals surface area contributed by atoms with Crippen LogP contribution in [0.4, 0.5) is 0 Å². The summed E-state index contributed by atoms with van der Waals surface area (Å²) in [7, 11) is 0. The Kier molecular flexibility index (Phi) is 11.7. The summed E-state index contributed by atoms with van der Waals surface area (Å²) < 4.78 is 6.38. The molecule has 7 nitrogen and oxygen atoms in total. The molecule has 0 bridgehead atoms. The van der Waals surface area contributed by atoms with E-state index in [0.717, 1.165) is 54.0 Å². The maximum absolute atomic E-state index is 13.7. The van der Waals surface area contributed by atoms with Crippen molar-refractivity contribution in [1.82, 2.24) is 15.2 Å². The summed E-state index contributed by atoms with van der Waals surface area (Å²) in [4.78, 5) is 46.2. The lowest BCUT2D eigenvalue weighted by Gasteiger charge is -2.32. The van der Waals surface area contributed by atoms with Crippen LogP contribution in [0.25, 0.3) is 10.2 Å². The number of fused-ring (bicyclic) bond motifs is 1. The molecule has 0 unspecified atom stereocenters. The lowest BCUT2D eigenvalue weighted by molar-refractivity contribution is -0.130. The molecule has 1 aromatic carbocycles. The summed E-state index contributed by atoms with van der Waals surface area (Å²) >= 11 is 7.67. The van der Waals surface area contributed by atoms with Crippen molar-refractivity contribution < 1.29 is 19.1 Å². The molecular formula is C31H42ClN3O4S. The minimum absolute atomic E-state index is 0.0624. The predicted molar refractivity (Wildman–Crippen MR) is 161 cm³/mol. The summed E-state index contributed by atoms with van der Waals surface area (Å²) in [6.45, 7) is 9.46. The fraction of sp³-hybridized carbons (Fsp3) is 0.613. The molecular weight excluding hydrogens is 546 g/mol. The number of Topliss-reactive ketones (excluding diaryl/α,β-unsaturated/α-hetero) is 2. The molecule has 1 aromatic heterocycles. The van der Waals surface area contributed by atoms with Crippen LogP contribution >= 0.6 is 22.9 Å². The van der Waals surface area contributed by atoms with E-state index in [-0.39, 0.29) is 29.9 Å². The van der Waals surface area contributed by atoms with Gasteiger partial charge < -0.3 is 10.1 Å². The molecule has 1 aliphatic carbocycles. The van der Waals surface area contributed by atoms with Crippen LogP contribution in [0.2, 0.25) is 5.02 Å². The third-order valence-corrected chi connectivity index (χ3v) is 9.47. The number of nitrogens with one attached hydrogen (secondary N) is 1. The van der Waals surface area contributed by atoms with Crippen LogP contribution in [0.1, 0.15) is 69.7 Å². The number of hydrogen-bond acceptors (Lipinski definition) is 7. The van der Waals surface area contributed by atoms with E-state index >= 15 is 0 Å². The second-order valence-electron chi connectivity index (χ2n) is 11.2. The second-order valence-corrected chi connectivity index (χ2v) is 12.7. The van der Waals surface area contributed by atoms with E-state index in [1.54, 1.807) is 0 Å². The first kappa shape index (κ1) is 30.8. The van der Waals surface area contributed by atoms with E-state index in [2.05, 4.69) is 16.8 Å². The van der Waals surface area contributed by atoms with Crippen molar-refractivity contribution in [2.24, 2.45) is 11.8 Å². The lowest BCUT2D eigenvalue weighted by atomic mass is 9.81. The van der Waals surface area contributed by atoms with Crippen LogP contribution in [0.15, 0.2) is 30.4 Å². The Bertz CT molecular complexity index is 1190. The maximum atomic E-state index is 13.7. The molecule has 9 heteroatoms. The quantitative estimate of drug-likeness (QED) is 0.282. The normalized spacial score (nSPS) is 18.4. The Morgan fingerprint density at radius 2 is 1.95 bits per heavy atom. The summed E-state index contributed by atoms with van der Waals surface area (Å²) in [6, 6.07) is 5.48. The molecule has 4 rings (SSSR count). The number of morpholine rings is 1. The molecule has 2 heterocycles. The Morgan fingerprint density at radius 3 is 2.67 bits per heavy atom. The highest BCUT2D eigenvalue weighted by atomic mass is 35.5. The second kappa shape index (κ2) is 15.2. The first-order valence-corrected chi connectivity index (χ1v) is 15.9. The fourth-order valence-corrected chi connectivity index (χ4v) is 7.09. The van der Waals surface area contributed by atoms with Gasteiger partial charge in [-0.25, -0.2) is 4.98 Å². The standard InChI is InChI=1S/C31H42ClN3O4S/c1-3-25(36)17-23(18-30-33-27-10-9-24(32)19-29(27)40-30)31(38)34-26(22-7-5-4-6-8-22)11-12-28(37)21(2)20-35-13-15-39-16-14-35/h9-10,19,22-23,26H,2-8,11-18,20H2,1H3,(H,34,38)/t23-,26+/m0/s1. The molecule has 2 fully saturated rings. The number of aromatic nitrogens is 1. The first-order valence-electron chi connectivity index (χ1n) is 14.7. The van der Waals surface area contributed by atoms with E-state index in [9.17, 15) is 14.4 Å². The number of ether oxygens (including phenoxy) is 1. The third-order valence-electron chi connectivity index (χ3n) is 8.20. The van der Waals surface area contributed by atoms with Crippen molar-refractivity contribution in [3.63, 3.8) is 0 Å². The van der Waals surface area contributed by atoms with Crippen molar-refractivity contribution in [3.05, 3.63) is 40.4 Å². The van der Waals surface area contributed by atoms with Crippen LogP contribution in [0.3, 0.4) is 0 Å². The molecule has 1 aliphatic heterocycles. The number of carbonyl (C=O) groups is 3. The van der Waals surface area contributed by atoms with Gasteiger partial charge in [-0.2, -0.15) is 0 Å². The van der Waals surface area contributed by atoms with Gasteiger partial charge in [-0.15, -0.1) is 11.3 Å². The molecule has 1 N–H and O–H groups in total. The Balaban J connectivity index is 1.42. The van der Waals surface area contributed by atoms with Crippen LogP contribution in [-0.4, -0.2) is 66.2 Å². The van der Waals surface area contributed by atoms with Gasteiger partial charge in [0.15, 0.2) is 5.78 Å². The van der Waals surface area contributed by atoms with Gasteiger partial charge in [-0.05, 0) is 43.4 Å². The number of thiazole rings is 1. The predicted octanol–water partition coefficient (Wildman–Crippen LogP) is 5.78. The number of nitrogens with zero attached hydrogens (tertiary/aromatic N) is 2. The molecule has 1 amide bonds. The summed E-state index contributed by atoms with van der Waals surface area (Å²) in [5, 5.41) is 4.78. The van der Waals surface area contributed by atoms with Gasteiger partial charge in [0.1, 0.15) is 5.78 Å². The SMILES string of the molecule is C=C(CN1CCOCC1)C(=O)CC[C@@H](NC(=O)[C@@H](CC(=O)CC)Cc1nc2ccc(Cl)cc2s1)C1CCCCC1. The zero-order chi connectivity index (χ0) is 28.5. The van der Waals surface area contributed by atoms with E-state index in [1.807, 2.05) is 25.1 Å². The molecule has 1 saturated carbocycles. The highest BCUT2D eigenvalue weighted by molar-refractivity contribution is 7.18. The molecule has 0 spiro atoms. The number of carbonyl (C=O) groups excluding carboxylic acids is 3. The van der Waals surface area contributed by atoms with E-state index in [1.165, 1.54) is 17.8 Å². The molecule has 2 aliphatic rings. The number of amides is 1. The first-order chi connectivity index (χ1) is 19.3. The highest BCUT2D eigenvalue weighted by Gasteiger charge is 2.30. The van der Waals surface area contributed by atoms with Gasteiger partial charge >= 0.3 is 0 Å². The smallest absolute Gasteiger partial charge is 0.224 e. The van der Waals surface area contributed by atoms with Crippen molar-refractivity contribution >= 4 is 50.6 Å². The fourth-order valence-electron chi connectivity index (χ4n) is 5.76. The highest BCUT2D eigenvalue weighted by Crippen LogP contribution is 2.30. The van der Waals surface area contributed by atoms with E-state index in [4.69, 9.17) is 21.3 Å². The Hall–Kier alpha value is -2.13. The monoisotopic (exact) mass is 587 g/mol. The average molecular weight is 588 g/mol. The molecule has 0 radical (unpaired) electrons. The van der Waals surface area contributed by atoms with Crippen molar-refractivity contribution in [3.8, 4) is 0 Å². The average Bonchev–Trinajstić information content (AvgIpc) is 3.36. The van der Waals surface area contributed by atoms with Gasteiger partial charge in [0.2, 0.25) is 5.91 Å².